The van der Waals surface area contributed by atoms with Gasteiger partial charge >= 0.3 is 0 Å². The summed E-state index contributed by atoms with van der Waals surface area (Å²) >= 11 is 0. The summed E-state index contributed by atoms with van der Waals surface area (Å²) in [5.74, 6) is 1.00. The molecule has 0 bridgehead atoms. The molecule has 0 aromatic carbocycles. The average molecular weight is 330 g/mol. The molecule has 1 N–H and O–H groups in total. The van der Waals surface area contributed by atoms with E-state index >= 15 is 0 Å². The number of pyridine rings is 1. The van der Waals surface area contributed by atoms with Crippen LogP contribution in [0, 0.1) is 0 Å². The third-order valence-corrected chi connectivity index (χ3v) is 4.62. The van der Waals surface area contributed by atoms with Gasteiger partial charge in [-0.15, -0.1) is 5.10 Å². The van der Waals surface area contributed by atoms with Crippen molar-refractivity contribution in [1.82, 2.24) is 24.9 Å². The van der Waals surface area contributed by atoms with Gasteiger partial charge in [0.15, 0.2) is 0 Å². The van der Waals surface area contributed by atoms with Crippen molar-refractivity contribution in [3.8, 4) is 0 Å². The van der Waals surface area contributed by atoms with Crippen LogP contribution in [0.2, 0.25) is 0 Å². The summed E-state index contributed by atoms with van der Waals surface area (Å²) in [6.45, 7) is 8.79. The van der Waals surface area contributed by atoms with Gasteiger partial charge in [0.05, 0.1) is 18.3 Å². The molecule has 1 aliphatic rings. The first-order valence-corrected chi connectivity index (χ1v) is 8.44. The fourth-order valence-electron chi connectivity index (χ4n) is 2.74. The molecule has 3 heterocycles. The minimum Gasteiger partial charge on any atom is -0.387 e. The second-order valence-electron chi connectivity index (χ2n) is 6.88. The number of nitrogens with zero attached hydrogens (tertiary/aromatic N) is 6. The second-order valence-corrected chi connectivity index (χ2v) is 6.88. The largest absolute Gasteiger partial charge is 0.387 e. The van der Waals surface area contributed by atoms with E-state index in [0.29, 0.717) is 17.8 Å². The van der Waals surface area contributed by atoms with Crippen LogP contribution in [0.4, 0.5) is 5.82 Å². The number of hydrogen-bond donors (Lipinski definition) is 1. The van der Waals surface area contributed by atoms with Gasteiger partial charge in [-0.25, -0.2) is 9.67 Å². The molecule has 1 unspecified atom stereocenters. The molecule has 3 rings (SSSR count). The summed E-state index contributed by atoms with van der Waals surface area (Å²) in [5, 5.41) is 17.6. The Morgan fingerprint density at radius 2 is 2.04 bits per heavy atom. The molecule has 0 saturated carbocycles. The number of rotatable bonds is 6. The zero-order valence-electron chi connectivity index (χ0n) is 14.8. The summed E-state index contributed by atoms with van der Waals surface area (Å²) in [6.07, 6.45) is 3.23. The average Bonchev–Trinajstić information content (AvgIpc) is 3.00. The van der Waals surface area contributed by atoms with Gasteiger partial charge in [0.25, 0.3) is 0 Å². The SMILES string of the molecule is CC(O)c1cn(C2CN(Cc3ccc(N(C)C(C)C)nc3)C2)nn1. The highest BCUT2D eigenvalue weighted by Crippen LogP contribution is 2.23. The zero-order valence-corrected chi connectivity index (χ0v) is 14.8. The Balaban J connectivity index is 1.52. The van der Waals surface area contributed by atoms with Crippen molar-refractivity contribution in [2.24, 2.45) is 0 Å². The fraction of sp³-hybridized carbons (Fsp3) is 0.588. The van der Waals surface area contributed by atoms with Crippen LogP contribution < -0.4 is 4.90 Å². The van der Waals surface area contributed by atoms with Crippen LogP contribution in [-0.2, 0) is 6.54 Å². The Morgan fingerprint density at radius 1 is 1.29 bits per heavy atom. The Morgan fingerprint density at radius 3 is 2.58 bits per heavy atom. The van der Waals surface area contributed by atoms with Crippen molar-refractivity contribution in [2.45, 2.75) is 45.5 Å². The molecular weight excluding hydrogens is 304 g/mol. The summed E-state index contributed by atoms with van der Waals surface area (Å²) < 4.78 is 1.86. The maximum Gasteiger partial charge on any atom is 0.128 e. The molecule has 1 fully saturated rings. The maximum absolute atomic E-state index is 9.52. The van der Waals surface area contributed by atoms with E-state index < -0.39 is 6.10 Å². The standard InChI is InChI=1S/C17H26N6O/c1-12(2)21(4)17-6-5-14(7-18-17)8-22-9-15(10-22)23-11-16(13(3)24)19-20-23/h5-7,11-13,15,24H,8-10H2,1-4H3. The summed E-state index contributed by atoms with van der Waals surface area (Å²) in [4.78, 5) is 9.07. The Bertz CT molecular complexity index is 660. The molecule has 1 aliphatic heterocycles. The molecule has 1 atom stereocenters. The molecule has 130 valence electrons. The second kappa shape index (κ2) is 6.86. The first kappa shape index (κ1) is 16.9. The Hall–Kier alpha value is -1.99. The van der Waals surface area contributed by atoms with Crippen molar-refractivity contribution in [3.05, 3.63) is 35.8 Å². The minimum atomic E-state index is -0.566. The topological polar surface area (TPSA) is 70.3 Å². The van der Waals surface area contributed by atoms with E-state index in [2.05, 4.69) is 58.1 Å². The van der Waals surface area contributed by atoms with Gasteiger partial charge in [-0.05, 0) is 32.4 Å². The monoisotopic (exact) mass is 330 g/mol. The molecule has 0 spiro atoms. The van der Waals surface area contributed by atoms with Gasteiger partial charge in [-0.1, -0.05) is 11.3 Å². The molecule has 0 radical (unpaired) electrons. The fourth-order valence-corrected chi connectivity index (χ4v) is 2.74. The highest BCUT2D eigenvalue weighted by Gasteiger charge is 2.29. The summed E-state index contributed by atoms with van der Waals surface area (Å²) in [6, 6.07) is 5.01. The lowest BCUT2D eigenvalue weighted by Crippen LogP contribution is -2.47. The molecule has 0 amide bonds. The number of aromatic nitrogens is 4. The highest BCUT2D eigenvalue weighted by molar-refractivity contribution is 5.39. The molecule has 0 aliphatic carbocycles. The number of anilines is 1. The van der Waals surface area contributed by atoms with Crippen LogP contribution in [0.1, 0.15) is 44.2 Å². The number of hydrogen-bond acceptors (Lipinski definition) is 6. The van der Waals surface area contributed by atoms with Crippen molar-refractivity contribution >= 4 is 5.82 Å². The van der Waals surface area contributed by atoms with Crippen LogP contribution in [-0.4, -0.2) is 56.2 Å². The number of aliphatic hydroxyl groups excluding tert-OH is 1. The van der Waals surface area contributed by atoms with Crippen LogP contribution in [0.15, 0.2) is 24.5 Å². The quantitative estimate of drug-likeness (QED) is 0.868. The smallest absolute Gasteiger partial charge is 0.128 e. The molecule has 2 aromatic rings. The van der Waals surface area contributed by atoms with Crippen molar-refractivity contribution in [1.29, 1.82) is 0 Å². The number of aliphatic hydroxyl groups is 1. The first-order valence-electron chi connectivity index (χ1n) is 8.44. The van der Waals surface area contributed by atoms with Gasteiger partial charge in [-0.2, -0.15) is 0 Å². The number of likely N-dealkylation sites (tertiary alicyclic amines) is 1. The van der Waals surface area contributed by atoms with Gasteiger partial charge in [0, 0.05) is 38.9 Å². The van der Waals surface area contributed by atoms with E-state index in [-0.39, 0.29) is 0 Å². The van der Waals surface area contributed by atoms with E-state index in [0.717, 1.165) is 25.5 Å². The summed E-state index contributed by atoms with van der Waals surface area (Å²) in [5.41, 5.74) is 1.85. The van der Waals surface area contributed by atoms with Crippen molar-refractivity contribution in [2.75, 3.05) is 25.0 Å². The van der Waals surface area contributed by atoms with E-state index in [4.69, 9.17) is 0 Å². The maximum atomic E-state index is 9.52. The molecule has 24 heavy (non-hydrogen) atoms. The molecule has 7 nitrogen and oxygen atoms in total. The van der Waals surface area contributed by atoms with E-state index in [1.807, 2.05) is 17.1 Å². The third-order valence-electron chi connectivity index (χ3n) is 4.62. The summed E-state index contributed by atoms with van der Waals surface area (Å²) in [7, 11) is 2.06. The molecular formula is C17H26N6O. The van der Waals surface area contributed by atoms with Crippen LogP contribution >= 0.6 is 0 Å². The predicted octanol–water partition coefficient (Wildman–Crippen LogP) is 1.63. The van der Waals surface area contributed by atoms with E-state index in [1.54, 1.807) is 6.92 Å². The first-order chi connectivity index (χ1) is 11.4. The lowest BCUT2D eigenvalue weighted by atomic mass is 10.1. The normalized spacial score (nSPS) is 17.1. The van der Waals surface area contributed by atoms with Gasteiger partial charge in [0.1, 0.15) is 11.5 Å². The van der Waals surface area contributed by atoms with Crippen LogP contribution in [0.3, 0.4) is 0 Å². The van der Waals surface area contributed by atoms with E-state index in [1.165, 1.54) is 5.56 Å². The Labute approximate surface area is 142 Å². The Kier molecular flexibility index (Phi) is 4.82. The lowest BCUT2D eigenvalue weighted by Gasteiger charge is -2.38. The van der Waals surface area contributed by atoms with Gasteiger partial charge in [0.2, 0.25) is 0 Å². The van der Waals surface area contributed by atoms with Gasteiger partial charge < -0.3 is 10.0 Å². The molecule has 1 saturated heterocycles. The van der Waals surface area contributed by atoms with Crippen LogP contribution in [0.5, 0.6) is 0 Å². The zero-order chi connectivity index (χ0) is 17.3. The highest BCUT2D eigenvalue weighted by atomic mass is 16.3. The van der Waals surface area contributed by atoms with E-state index in [9.17, 15) is 5.11 Å². The molecule has 7 heteroatoms. The molecule has 2 aromatic heterocycles. The third kappa shape index (κ3) is 3.57. The van der Waals surface area contributed by atoms with Crippen molar-refractivity contribution in [3.63, 3.8) is 0 Å². The lowest BCUT2D eigenvalue weighted by molar-refractivity contribution is 0.0894. The van der Waals surface area contributed by atoms with Gasteiger partial charge in [-0.3, -0.25) is 4.90 Å². The minimum absolute atomic E-state index is 0.337. The van der Waals surface area contributed by atoms with Crippen LogP contribution in [0.25, 0.3) is 0 Å². The predicted molar refractivity (Wildman–Crippen MR) is 92.7 cm³/mol. The van der Waals surface area contributed by atoms with Crippen molar-refractivity contribution < 1.29 is 5.11 Å².